The Kier molecular flexibility index (Phi) is 8.76. The van der Waals surface area contributed by atoms with Gasteiger partial charge < -0.3 is 15.0 Å². The normalized spacial score (nSPS) is 15.1. The highest BCUT2D eigenvalue weighted by atomic mass is 16.5. The number of benzene rings is 2. The van der Waals surface area contributed by atoms with Gasteiger partial charge in [-0.3, -0.25) is 9.59 Å². The quantitative estimate of drug-likeness (QED) is 0.530. The van der Waals surface area contributed by atoms with Crippen LogP contribution in [0.4, 0.5) is 0 Å². The van der Waals surface area contributed by atoms with Crippen LogP contribution in [-0.4, -0.2) is 35.4 Å². The molecule has 1 unspecified atom stereocenters. The van der Waals surface area contributed by atoms with Gasteiger partial charge in [-0.15, -0.1) is 0 Å². The van der Waals surface area contributed by atoms with E-state index in [0.717, 1.165) is 36.8 Å². The predicted molar refractivity (Wildman–Crippen MR) is 137 cm³/mol. The first-order valence-corrected chi connectivity index (χ1v) is 12.6. The van der Waals surface area contributed by atoms with Crippen LogP contribution in [0.15, 0.2) is 48.5 Å². The number of nitrogens with zero attached hydrogens (tertiary/aromatic N) is 1. The minimum absolute atomic E-state index is 0.0558. The highest BCUT2D eigenvalue weighted by molar-refractivity contribution is 5.88. The number of rotatable bonds is 9. The van der Waals surface area contributed by atoms with E-state index in [1.807, 2.05) is 62.4 Å². The third-order valence-corrected chi connectivity index (χ3v) is 6.64. The standard InChI is InChI=1S/C29H40N2O3/c1-6-26(28(33)30-24-9-7-8-10-24)31(19-22-13-11-21(2)12-14-22)27(32)20-34-25-17-15-23(16-18-25)29(3,4)5/h11-18,24,26H,6-10,19-20H2,1-5H3,(H,30,33). The van der Waals surface area contributed by atoms with Gasteiger partial charge in [0.2, 0.25) is 5.91 Å². The zero-order valence-electron chi connectivity index (χ0n) is 21.4. The summed E-state index contributed by atoms with van der Waals surface area (Å²) in [7, 11) is 0. The van der Waals surface area contributed by atoms with Crippen molar-refractivity contribution >= 4 is 11.8 Å². The molecular weight excluding hydrogens is 424 g/mol. The Labute approximate surface area is 204 Å². The number of carbonyl (C=O) groups is 2. The average molecular weight is 465 g/mol. The maximum absolute atomic E-state index is 13.4. The van der Waals surface area contributed by atoms with E-state index in [4.69, 9.17) is 4.74 Å². The molecule has 5 nitrogen and oxygen atoms in total. The van der Waals surface area contributed by atoms with E-state index in [0.29, 0.717) is 18.7 Å². The summed E-state index contributed by atoms with van der Waals surface area (Å²) in [6.07, 6.45) is 4.88. The van der Waals surface area contributed by atoms with E-state index in [2.05, 4.69) is 26.1 Å². The van der Waals surface area contributed by atoms with Crippen LogP contribution < -0.4 is 10.1 Å². The third-order valence-electron chi connectivity index (χ3n) is 6.64. The van der Waals surface area contributed by atoms with Gasteiger partial charge in [-0.1, -0.05) is 82.5 Å². The predicted octanol–water partition coefficient (Wildman–Crippen LogP) is 5.54. The molecule has 3 rings (SSSR count). The second kappa shape index (κ2) is 11.5. The van der Waals surface area contributed by atoms with Gasteiger partial charge in [-0.2, -0.15) is 0 Å². The van der Waals surface area contributed by atoms with Gasteiger partial charge in [0, 0.05) is 12.6 Å². The molecule has 1 fully saturated rings. The molecule has 0 spiro atoms. The van der Waals surface area contributed by atoms with Crippen LogP contribution in [0.2, 0.25) is 0 Å². The molecule has 1 aliphatic rings. The Balaban J connectivity index is 1.73. The topological polar surface area (TPSA) is 58.6 Å². The number of amides is 2. The molecule has 2 aromatic rings. The fourth-order valence-corrected chi connectivity index (χ4v) is 4.46. The number of hydrogen-bond donors (Lipinski definition) is 1. The molecule has 0 aromatic heterocycles. The first kappa shape index (κ1) is 25.8. The van der Waals surface area contributed by atoms with Gasteiger partial charge in [0.25, 0.3) is 5.91 Å². The summed E-state index contributed by atoms with van der Waals surface area (Å²) in [5.74, 6) is 0.401. The summed E-state index contributed by atoms with van der Waals surface area (Å²) >= 11 is 0. The van der Waals surface area contributed by atoms with E-state index in [1.54, 1.807) is 4.90 Å². The van der Waals surface area contributed by atoms with E-state index in [-0.39, 0.29) is 29.9 Å². The lowest BCUT2D eigenvalue weighted by Crippen LogP contribution is -2.52. The Morgan fingerprint density at radius 3 is 2.21 bits per heavy atom. The fraction of sp³-hybridized carbons (Fsp3) is 0.517. The number of ether oxygens (including phenoxy) is 1. The van der Waals surface area contributed by atoms with Crippen molar-refractivity contribution in [3.8, 4) is 5.75 Å². The van der Waals surface area contributed by atoms with E-state index in [9.17, 15) is 9.59 Å². The maximum Gasteiger partial charge on any atom is 0.261 e. The highest BCUT2D eigenvalue weighted by Crippen LogP contribution is 2.24. The van der Waals surface area contributed by atoms with Crippen molar-refractivity contribution < 1.29 is 14.3 Å². The second-order valence-electron chi connectivity index (χ2n) is 10.5. The molecule has 0 bridgehead atoms. The zero-order chi connectivity index (χ0) is 24.7. The molecule has 0 aliphatic heterocycles. The number of carbonyl (C=O) groups excluding carboxylic acids is 2. The number of nitrogens with one attached hydrogen (secondary N) is 1. The van der Waals surface area contributed by atoms with Gasteiger partial charge in [0.1, 0.15) is 11.8 Å². The Morgan fingerprint density at radius 2 is 1.65 bits per heavy atom. The molecule has 0 radical (unpaired) electrons. The molecule has 1 atom stereocenters. The van der Waals surface area contributed by atoms with Gasteiger partial charge in [0.05, 0.1) is 0 Å². The highest BCUT2D eigenvalue weighted by Gasteiger charge is 2.30. The molecule has 1 aliphatic carbocycles. The largest absolute Gasteiger partial charge is 0.484 e. The minimum Gasteiger partial charge on any atom is -0.484 e. The SMILES string of the molecule is CCC(C(=O)NC1CCCC1)N(Cc1ccc(C)cc1)C(=O)COc1ccc(C(C)(C)C)cc1. The van der Waals surface area contributed by atoms with Crippen molar-refractivity contribution in [1.82, 2.24) is 10.2 Å². The van der Waals surface area contributed by atoms with Crippen molar-refractivity contribution in [2.24, 2.45) is 0 Å². The minimum atomic E-state index is -0.527. The lowest BCUT2D eigenvalue weighted by Gasteiger charge is -2.31. The summed E-state index contributed by atoms with van der Waals surface area (Å²) < 4.78 is 5.86. The van der Waals surface area contributed by atoms with Crippen molar-refractivity contribution in [1.29, 1.82) is 0 Å². The smallest absolute Gasteiger partial charge is 0.261 e. The van der Waals surface area contributed by atoms with Crippen molar-refractivity contribution in [3.63, 3.8) is 0 Å². The third kappa shape index (κ3) is 7.09. The van der Waals surface area contributed by atoms with E-state index >= 15 is 0 Å². The summed E-state index contributed by atoms with van der Waals surface area (Å²) in [5, 5.41) is 3.18. The van der Waals surface area contributed by atoms with Gasteiger partial charge in [-0.05, 0) is 54.9 Å². The van der Waals surface area contributed by atoms with E-state index in [1.165, 1.54) is 5.56 Å². The van der Waals surface area contributed by atoms with Crippen LogP contribution in [-0.2, 0) is 21.5 Å². The molecule has 34 heavy (non-hydrogen) atoms. The molecule has 0 saturated heterocycles. The zero-order valence-corrected chi connectivity index (χ0v) is 21.4. The average Bonchev–Trinajstić information content (AvgIpc) is 3.31. The first-order chi connectivity index (χ1) is 16.2. The molecule has 1 N–H and O–H groups in total. The molecule has 184 valence electrons. The summed E-state index contributed by atoms with van der Waals surface area (Å²) in [6, 6.07) is 15.7. The summed E-state index contributed by atoms with van der Waals surface area (Å²) in [5.41, 5.74) is 3.43. The van der Waals surface area contributed by atoms with E-state index < -0.39 is 6.04 Å². The Bertz CT molecular complexity index is 939. The summed E-state index contributed by atoms with van der Waals surface area (Å²) in [6.45, 7) is 10.8. The van der Waals surface area contributed by atoms with Crippen molar-refractivity contribution in [3.05, 3.63) is 65.2 Å². The lowest BCUT2D eigenvalue weighted by atomic mass is 9.87. The van der Waals surface area contributed by atoms with Gasteiger partial charge >= 0.3 is 0 Å². The molecule has 5 heteroatoms. The fourth-order valence-electron chi connectivity index (χ4n) is 4.46. The van der Waals surface area contributed by atoms with Gasteiger partial charge in [0.15, 0.2) is 6.61 Å². The second-order valence-corrected chi connectivity index (χ2v) is 10.5. The van der Waals surface area contributed by atoms with Crippen molar-refractivity contribution in [2.75, 3.05) is 6.61 Å². The van der Waals surface area contributed by atoms with Crippen LogP contribution in [0.3, 0.4) is 0 Å². The molecular formula is C29H40N2O3. The monoisotopic (exact) mass is 464 g/mol. The maximum atomic E-state index is 13.4. The molecule has 1 saturated carbocycles. The van der Waals surface area contributed by atoms with Crippen LogP contribution >= 0.6 is 0 Å². The van der Waals surface area contributed by atoms with Crippen LogP contribution in [0.25, 0.3) is 0 Å². The summed E-state index contributed by atoms with van der Waals surface area (Å²) in [4.78, 5) is 28.2. The molecule has 2 amide bonds. The van der Waals surface area contributed by atoms with Crippen LogP contribution in [0.5, 0.6) is 5.75 Å². The van der Waals surface area contributed by atoms with Crippen LogP contribution in [0.1, 0.15) is 76.5 Å². The lowest BCUT2D eigenvalue weighted by molar-refractivity contribution is -0.143. The number of hydrogen-bond acceptors (Lipinski definition) is 3. The Morgan fingerprint density at radius 1 is 1.03 bits per heavy atom. The first-order valence-electron chi connectivity index (χ1n) is 12.6. The van der Waals surface area contributed by atoms with Crippen LogP contribution in [0, 0.1) is 6.92 Å². The van der Waals surface area contributed by atoms with Gasteiger partial charge in [-0.25, -0.2) is 0 Å². The molecule has 2 aromatic carbocycles. The Hall–Kier alpha value is -2.82. The van der Waals surface area contributed by atoms with Crippen molar-refractivity contribution in [2.45, 2.75) is 90.8 Å². The molecule has 0 heterocycles. The number of aryl methyl sites for hydroxylation is 1.